The Morgan fingerprint density at radius 1 is 1.14 bits per heavy atom. The number of benzene rings is 1. The van der Waals surface area contributed by atoms with E-state index in [4.69, 9.17) is 4.74 Å². The molecule has 1 aromatic rings. The number of halogens is 1. The molecule has 0 spiro atoms. The van der Waals surface area contributed by atoms with Crippen molar-refractivity contribution in [1.29, 1.82) is 0 Å². The molecule has 2 aliphatic rings. The molecule has 0 aliphatic carbocycles. The number of imide groups is 1. The van der Waals surface area contributed by atoms with Crippen LogP contribution in [-0.4, -0.2) is 25.0 Å². The largest absolute Gasteiger partial charge is 0.381 e. The van der Waals surface area contributed by atoms with Crippen molar-refractivity contribution in [3.05, 3.63) is 35.6 Å². The van der Waals surface area contributed by atoms with Gasteiger partial charge in [0.15, 0.2) is 0 Å². The van der Waals surface area contributed by atoms with E-state index in [-0.39, 0.29) is 35.9 Å². The van der Waals surface area contributed by atoms with Crippen LogP contribution in [0.3, 0.4) is 0 Å². The van der Waals surface area contributed by atoms with Crippen molar-refractivity contribution in [3.8, 4) is 0 Å². The first-order chi connectivity index (χ1) is 10.2. The van der Waals surface area contributed by atoms with Crippen LogP contribution in [0.2, 0.25) is 0 Å². The lowest BCUT2D eigenvalue weighted by molar-refractivity contribution is -0.138. The molecule has 0 aromatic heterocycles. The Balaban J connectivity index is 1.94. The molecule has 2 fully saturated rings. The Morgan fingerprint density at radius 3 is 2.57 bits per heavy atom. The van der Waals surface area contributed by atoms with E-state index in [1.807, 2.05) is 0 Å². The van der Waals surface area contributed by atoms with Gasteiger partial charge in [0, 0.05) is 25.2 Å². The standard InChI is InChI=1S/C16H18FNO3/c17-13-4-2-1-3-11(13)15-12(9-14(19)18-16(15)20)10-5-7-21-8-6-10/h1-4,10,12,15H,5-9H2,(H,18,19,20). The summed E-state index contributed by atoms with van der Waals surface area (Å²) in [6.45, 7) is 1.28. The molecule has 2 unspecified atom stereocenters. The molecule has 0 radical (unpaired) electrons. The highest BCUT2D eigenvalue weighted by Crippen LogP contribution is 2.40. The summed E-state index contributed by atoms with van der Waals surface area (Å²) < 4.78 is 19.4. The van der Waals surface area contributed by atoms with Gasteiger partial charge in [-0.05, 0) is 30.7 Å². The van der Waals surface area contributed by atoms with Crippen molar-refractivity contribution in [2.75, 3.05) is 13.2 Å². The zero-order chi connectivity index (χ0) is 14.8. The third-order valence-electron chi connectivity index (χ3n) is 4.51. The SMILES string of the molecule is O=C1CC(C2CCOCC2)C(c2ccccc2F)C(=O)N1. The molecule has 0 saturated carbocycles. The van der Waals surface area contributed by atoms with Crippen molar-refractivity contribution >= 4 is 11.8 Å². The number of hydrogen-bond acceptors (Lipinski definition) is 3. The van der Waals surface area contributed by atoms with Gasteiger partial charge in [0.25, 0.3) is 0 Å². The summed E-state index contributed by atoms with van der Waals surface area (Å²) in [6, 6.07) is 6.33. The second-order valence-corrected chi connectivity index (χ2v) is 5.73. The molecule has 0 bridgehead atoms. The van der Waals surface area contributed by atoms with Gasteiger partial charge in [-0.15, -0.1) is 0 Å². The molecule has 4 nitrogen and oxygen atoms in total. The Kier molecular flexibility index (Phi) is 4.01. The predicted molar refractivity (Wildman–Crippen MR) is 73.9 cm³/mol. The highest BCUT2D eigenvalue weighted by atomic mass is 19.1. The first kappa shape index (κ1) is 14.2. The van der Waals surface area contributed by atoms with Crippen molar-refractivity contribution in [2.45, 2.75) is 25.2 Å². The van der Waals surface area contributed by atoms with Gasteiger partial charge < -0.3 is 4.74 Å². The van der Waals surface area contributed by atoms with E-state index in [1.54, 1.807) is 18.2 Å². The number of amides is 2. The molecule has 2 aliphatic heterocycles. The fourth-order valence-electron chi connectivity index (χ4n) is 3.47. The van der Waals surface area contributed by atoms with E-state index < -0.39 is 5.92 Å². The Morgan fingerprint density at radius 2 is 1.86 bits per heavy atom. The van der Waals surface area contributed by atoms with Crippen LogP contribution < -0.4 is 5.32 Å². The van der Waals surface area contributed by atoms with Crippen molar-refractivity contribution in [2.24, 2.45) is 11.8 Å². The monoisotopic (exact) mass is 291 g/mol. The molecular formula is C16H18FNO3. The van der Waals surface area contributed by atoms with Gasteiger partial charge >= 0.3 is 0 Å². The van der Waals surface area contributed by atoms with Crippen LogP contribution in [0, 0.1) is 17.7 Å². The lowest BCUT2D eigenvalue weighted by Gasteiger charge is -2.37. The molecule has 2 saturated heterocycles. The fraction of sp³-hybridized carbons (Fsp3) is 0.500. The average Bonchev–Trinajstić information content (AvgIpc) is 2.49. The smallest absolute Gasteiger partial charge is 0.234 e. The highest BCUT2D eigenvalue weighted by molar-refractivity contribution is 6.01. The van der Waals surface area contributed by atoms with Gasteiger partial charge in [-0.1, -0.05) is 18.2 Å². The summed E-state index contributed by atoms with van der Waals surface area (Å²) in [5.41, 5.74) is 0.388. The maximum absolute atomic E-state index is 14.1. The second-order valence-electron chi connectivity index (χ2n) is 5.73. The molecule has 112 valence electrons. The number of carbonyl (C=O) groups excluding carboxylic acids is 2. The predicted octanol–water partition coefficient (Wildman–Crippen LogP) is 2.00. The maximum atomic E-state index is 14.1. The van der Waals surface area contributed by atoms with E-state index in [1.165, 1.54) is 6.07 Å². The van der Waals surface area contributed by atoms with E-state index in [0.29, 0.717) is 18.8 Å². The van der Waals surface area contributed by atoms with Crippen LogP contribution in [0.5, 0.6) is 0 Å². The normalized spacial score (nSPS) is 27.5. The molecule has 21 heavy (non-hydrogen) atoms. The zero-order valence-electron chi connectivity index (χ0n) is 11.7. The first-order valence-corrected chi connectivity index (χ1v) is 7.32. The summed E-state index contributed by atoms with van der Waals surface area (Å²) in [5, 5.41) is 2.35. The third-order valence-corrected chi connectivity index (χ3v) is 4.51. The highest BCUT2D eigenvalue weighted by Gasteiger charge is 2.42. The van der Waals surface area contributed by atoms with Crippen molar-refractivity contribution in [1.82, 2.24) is 5.32 Å². The fourth-order valence-corrected chi connectivity index (χ4v) is 3.47. The van der Waals surface area contributed by atoms with Gasteiger partial charge in [0.05, 0.1) is 5.92 Å². The minimum atomic E-state index is -0.591. The van der Waals surface area contributed by atoms with Gasteiger partial charge in [-0.25, -0.2) is 4.39 Å². The van der Waals surface area contributed by atoms with Crippen LogP contribution in [0.1, 0.15) is 30.7 Å². The third kappa shape index (κ3) is 2.83. The molecule has 5 heteroatoms. The number of carbonyl (C=O) groups is 2. The van der Waals surface area contributed by atoms with E-state index in [2.05, 4.69) is 5.32 Å². The van der Waals surface area contributed by atoms with Crippen molar-refractivity contribution in [3.63, 3.8) is 0 Å². The summed E-state index contributed by atoms with van der Waals surface area (Å²) in [4.78, 5) is 24.0. The molecule has 1 aromatic carbocycles. The minimum Gasteiger partial charge on any atom is -0.381 e. The molecule has 2 atom stereocenters. The van der Waals surface area contributed by atoms with E-state index in [9.17, 15) is 14.0 Å². The van der Waals surface area contributed by atoms with Crippen LogP contribution >= 0.6 is 0 Å². The van der Waals surface area contributed by atoms with E-state index >= 15 is 0 Å². The molecule has 1 N–H and O–H groups in total. The topological polar surface area (TPSA) is 55.4 Å². The van der Waals surface area contributed by atoms with E-state index in [0.717, 1.165) is 12.8 Å². The second kappa shape index (κ2) is 5.93. The average molecular weight is 291 g/mol. The van der Waals surface area contributed by atoms with Crippen molar-refractivity contribution < 1.29 is 18.7 Å². The molecular weight excluding hydrogens is 273 g/mol. The Bertz CT molecular complexity index is 554. The van der Waals surface area contributed by atoms with Crippen LogP contribution in [-0.2, 0) is 14.3 Å². The number of hydrogen-bond donors (Lipinski definition) is 1. The number of ether oxygens (including phenoxy) is 1. The number of piperidine rings is 1. The minimum absolute atomic E-state index is 0.146. The summed E-state index contributed by atoms with van der Waals surface area (Å²) in [7, 11) is 0. The van der Waals surface area contributed by atoms with Gasteiger partial charge in [0.1, 0.15) is 5.82 Å². The zero-order valence-corrected chi connectivity index (χ0v) is 11.7. The van der Waals surface area contributed by atoms with Crippen LogP contribution in [0.4, 0.5) is 4.39 Å². The van der Waals surface area contributed by atoms with Crippen LogP contribution in [0.25, 0.3) is 0 Å². The maximum Gasteiger partial charge on any atom is 0.234 e. The van der Waals surface area contributed by atoms with Gasteiger partial charge in [-0.2, -0.15) is 0 Å². The van der Waals surface area contributed by atoms with Gasteiger partial charge in [0.2, 0.25) is 11.8 Å². The summed E-state index contributed by atoms with van der Waals surface area (Å²) in [6.07, 6.45) is 1.90. The number of nitrogens with one attached hydrogen (secondary N) is 1. The molecule has 2 amide bonds. The number of rotatable bonds is 2. The lowest BCUT2D eigenvalue weighted by atomic mass is 9.71. The van der Waals surface area contributed by atoms with Crippen LogP contribution in [0.15, 0.2) is 24.3 Å². The Hall–Kier alpha value is -1.75. The first-order valence-electron chi connectivity index (χ1n) is 7.32. The quantitative estimate of drug-likeness (QED) is 0.848. The summed E-state index contributed by atoms with van der Waals surface area (Å²) >= 11 is 0. The Labute approximate surface area is 122 Å². The molecule has 2 heterocycles. The summed E-state index contributed by atoms with van der Waals surface area (Å²) in [5.74, 6) is -1.54. The molecule has 3 rings (SSSR count). The van der Waals surface area contributed by atoms with Gasteiger partial charge in [-0.3, -0.25) is 14.9 Å². The lowest BCUT2D eigenvalue weighted by Crippen LogP contribution is -2.47.